The summed E-state index contributed by atoms with van der Waals surface area (Å²) in [4.78, 5) is 0. The van der Waals surface area contributed by atoms with Gasteiger partial charge in [0.2, 0.25) is 5.75 Å². The van der Waals surface area contributed by atoms with E-state index in [1.54, 1.807) is 24.3 Å². The molecule has 0 fully saturated rings. The van der Waals surface area contributed by atoms with Gasteiger partial charge in [-0.25, -0.2) is 8.78 Å². The first-order valence-corrected chi connectivity index (χ1v) is 8.21. The number of rotatable bonds is 4. The van der Waals surface area contributed by atoms with Crippen molar-refractivity contribution in [3.05, 3.63) is 77.9 Å². The van der Waals surface area contributed by atoms with Gasteiger partial charge >= 0.3 is 6.36 Å². The molecule has 0 bridgehead atoms. The molecule has 0 aromatic heterocycles. The van der Waals surface area contributed by atoms with Crippen LogP contribution < -0.4 is 4.74 Å². The number of hydrogen-bond donors (Lipinski definition) is 0. The summed E-state index contributed by atoms with van der Waals surface area (Å²) in [7, 11) is 0. The van der Waals surface area contributed by atoms with Crippen LogP contribution >= 0.6 is 0 Å². The van der Waals surface area contributed by atoms with E-state index >= 15 is 0 Å². The Morgan fingerprint density at radius 1 is 0.741 bits per heavy atom. The van der Waals surface area contributed by atoms with E-state index in [4.69, 9.17) is 0 Å². The van der Waals surface area contributed by atoms with Crippen LogP contribution in [0.5, 0.6) is 5.75 Å². The number of ether oxygens (including phenoxy) is 1. The van der Waals surface area contributed by atoms with Crippen molar-refractivity contribution in [3.8, 4) is 28.0 Å². The molecule has 140 valence electrons. The highest BCUT2D eigenvalue weighted by atomic mass is 19.4. The molecule has 0 heterocycles. The second-order valence-electron chi connectivity index (χ2n) is 5.95. The maximum absolute atomic E-state index is 13.9. The van der Waals surface area contributed by atoms with Crippen molar-refractivity contribution in [2.75, 3.05) is 0 Å². The third-order valence-electron chi connectivity index (χ3n) is 4.10. The van der Waals surface area contributed by atoms with E-state index in [0.29, 0.717) is 5.56 Å². The minimum Gasteiger partial charge on any atom is -0.399 e. The second-order valence-corrected chi connectivity index (χ2v) is 5.95. The highest BCUT2D eigenvalue weighted by Gasteiger charge is 2.34. The summed E-state index contributed by atoms with van der Waals surface area (Å²) >= 11 is 0. The van der Waals surface area contributed by atoms with Crippen molar-refractivity contribution in [2.24, 2.45) is 0 Å². The molecule has 0 saturated carbocycles. The number of hydrogen-bond acceptors (Lipinski definition) is 1. The molecule has 0 aliphatic rings. The van der Waals surface area contributed by atoms with Crippen molar-refractivity contribution in [1.82, 2.24) is 0 Å². The van der Waals surface area contributed by atoms with Gasteiger partial charge in [-0.15, -0.1) is 13.2 Å². The molecular weight excluding hydrogens is 363 g/mol. The topological polar surface area (TPSA) is 9.23 Å². The fourth-order valence-corrected chi connectivity index (χ4v) is 2.77. The van der Waals surface area contributed by atoms with Gasteiger partial charge in [0.15, 0.2) is 11.6 Å². The zero-order valence-corrected chi connectivity index (χ0v) is 14.3. The van der Waals surface area contributed by atoms with Gasteiger partial charge in [-0.1, -0.05) is 55.5 Å². The third-order valence-corrected chi connectivity index (χ3v) is 4.10. The lowest BCUT2D eigenvalue weighted by molar-refractivity contribution is -0.276. The average molecular weight is 378 g/mol. The normalized spacial score (nSPS) is 11.5. The Kier molecular flexibility index (Phi) is 5.17. The smallest absolute Gasteiger partial charge is 0.399 e. The monoisotopic (exact) mass is 378 g/mol. The molecule has 3 aromatic carbocycles. The minimum atomic E-state index is -5.17. The van der Waals surface area contributed by atoms with Crippen LogP contribution in [0.15, 0.2) is 60.7 Å². The predicted molar refractivity (Wildman–Crippen MR) is 93.3 cm³/mol. The fourth-order valence-electron chi connectivity index (χ4n) is 2.77. The van der Waals surface area contributed by atoms with Gasteiger partial charge in [0.25, 0.3) is 0 Å². The molecule has 1 nitrogen and oxygen atoms in total. The summed E-state index contributed by atoms with van der Waals surface area (Å²) in [6.07, 6.45) is -4.27. The van der Waals surface area contributed by atoms with E-state index in [-0.39, 0.29) is 5.56 Å². The number of halogens is 5. The minimum absolute atomic E-state index is 0.119. The summed E-state index contributed by atoms with van der Waals surface area (Å²) in [6, 6.07) is 16.5. The van der Waals surface area contributed by atoms with Crippen molar-refractivity contribution >= 4 is 0 Å². The Bertz CT molecular complexity index is 923. The Hall–Kier alpha value is -2.89. The average Bonchev–Trinajstić information content (AvgIpc) is 2.64. The van der Waals surface area contributed by atoms with Crippen molar-refractivity contribution in [1.29, 1.82) is 0 Å². The van der Waals surface area contributed by atoms with Crippen molar-refractivity contribution in [3.63, 3.8) is 0 Å². The lowest BCUT2D eigenvalue weighted by atomic mass is 9.98. The lowest BCUT2D eigenvalue weighted by Gasteiger charge is -2.12. The molecule has 0 radical (unpaired) electrons. The Morgan fingerprint density at radius 3 is 1.81 bits per heavy atom. The van der Waals surface area contributed by atoms with Gasteiger partial charge < -0.3 is 4.74 Å². The first kappa shape index (κ1) is 18.9. The molecule has 0 spiro atoms. The van der Waals surface area contributed by atoms with E-state index in [0.717, 1.165) is 29.7 Å². The number of benzene rings is 3. The molecule has 6 heteroatoms. The van der Waals surface area contributed by atoms with Crippen LogP contribution in [0.4, 0.5) is 22.0 Å². The van der Waals surface area contributed by atoms with Crippen LogP contribution in [0.25, 0.3) is 22.3 Å². The van der Waals surface area contributed by atoms with Crippen LogP contribution in [0.3, 0.4) is 0 Å². The summed E-state index contributed by atoms with van der Waals surface area (Å²) in [5.41, 5.74) is 3.70. The third kappa shape index (κ3) is 4.45. The van der Waals surface area contributed by atoms with Gasteiger partial charge in [0.1, 0.15) is 0 Å². The van der Waals surface area contributed by atoms with Gasteiger partial charge in [0.05, 0.1) is 0 Å². The van der Waals surface area contributed by atoms with Crippen LogP contribution in [0, 0.1) is 11.6 Å². The fraction of sp³-hybridized carbons (Fsp3) is 0.143. The lowest BCUT2D eigenvalue weighted by Crippen LogP contribution is -2.19. The Labute approximate surface area is 153 Å². The van der Waals surface area contributed by atoms with Gasteiger partial charge in [0, 0.05) is 0 Å². The maximum atomic E-state index is 13.9. The van der Waals surface area contributed by atoms with Crippen LogP contribution in [0.2, 0.25) is 0 Å². The standard InChI is InChI=1S/C21H15F5O/c1-2-13-4-3-5-16(10-13)14-6-8-15(9-7-14)17-11-18(22)20(19(23)12-17)27-21(24,25)26/h3-12H,2H2,1H3. The largest absolute Gasteiger partial charge is 0.573 e. The second kappa shape index (κ2) is 7.39. The summed E-state index contributed by atoms with van der Waals surface area (Å²) in [6.45, 7) is 2.05. The van der Waals surface area contributed by atoms with E-state index in [1.165, 1.54) is 5.56 Å². The van der Waals surface area contributed by atoms with E-state index < -0.39 is 23.7 Å². The zero-order chi connectivity index (χ0) is 19.6. The number of alkyl halides is 3. The SMILES string of the molecule is CCc1cccc(-c2ccc(-c3cc(F)c(OC(F)(F)F)c(F)c3)cc2)c1. The summed E-state index contributed by atoms with van der Waals surface area (Å²) in [5.74, 6) is -4.29. The predicted octanol–water partition coefficient (Wildman–Crippen LogP) is 6.76. The highest BCUT2D eigenvalue weighted by Crippen LogP contribution is 2.33. The molecule has 0 amide bonds. The first-order valence-electron chi connectivity index (χ1n) is 8.21. The molecule has 0 N–H and O–H groups in total. The van der Waals surface area contributed by atoms with Crippen LogP contribution in [0.1, 0.15) is 12.5 Å². The van der Waals surface area contributed by atoms with E-state index in [1.807, 2.05) is 18.2 Å². The van der Waals surface area contributed by atoms with Crippen molar-refractivity contribution < 1.29 is 26.7 Å². The Morgan fingerprint density at radius 2 is 1.30 bits per heavy atom. The summed E-state index contributed by atoms with van der Waals surface area (Å²) in [5, 5.41) is 0. The molecule has 0 aliphatic carbocycles. The van der Waals surface area contributed by atoms with Crippen LogP contribution in [-0.2, 0) is 6.42 Å². The van der Waals surface area contributed by atoms with Crippen molar-refractivity contribution in [2.45, 2.75) is 19.7 Å². The Balaban J connectivity index is 1.91. The molecule has 0 saturated heterocycles. The van der Waals surface area contributed by atoms with Gasteiger partial charge in [-0.05, 0) is 46.4 Å². The quantitative estimate of drug-likeness (QED) is 0.456. The molecular formula is C21H15F5O. The number of aryl methyl sites for hydroxylation is 1. The molecule has 27 heavy (non-hydrogen) atoms. The zero-order valence-electron chi connectivity index (χ0n) is 14.3. The molecule has 0 unspecified atom stereocenters. The first-order chi connectivity index (χ1) is 12.8. The molecule has 3 rings (SSSR count). The maximum Gasteiger partial charge on any atom is 0.573 e. The molecule has 0 aliphatic heterocycles. The molecule has 3 aromatic rings. The highest BCUT2D eigenvalue weighted by molar-refractivity contribution is 5.71. The molecule has 0 atom stereocenters. The van der Waals surface area contributed by atoms with Crippen LogP contribution in [-0.4, -0.2) is 6.36 Å². The van der Waals surface area contributed by atoms with E-state index in [9.17, 15) is 22.0 Å². The van der Waals surface area contributed by atoms with Gasteiger partial charge in [-0.3, -0.25) is 0 Å². The summed E-state index contributed by atoms with van der Waals surface area (Å²) < 4.78 is 67.9. The van der Waals surface area contributed by atoms with E-state index in [2.05, 4.69) is 17.7 Å². The van der Waals surface area contributed by atoms with Gasteiger partial charge in [-0.2, -0.15) is 0 Å².